The number of urea groups is 1. The molecule has 5 nitrogen and oxygen atoms in total. The average molecular weight is 242 g/mol. The zero-order chi connectivity index (χ0) is 12.1. The molecule has 0 radical (unpaired) electrons. The quantitative estimate of drug-likeness (QED) is 0.745. The summed E-state index contributed by atoms with van der Waals surface area (Å²) in [6.45, 7) is 1.85. The molecule has 1 aromatic carbocycles. The zero-order valence-electron chi connectivity index (χ0n) is 8.71. The van der Waals surface area contributed by atoms with Gasteiger partial charge >= 0.3 is 6.03 Å². The van der Waals surface area contributed by atoms with Gasteiger partial charge in [-0.2, -0.15) is 0 Å². The van der Waals surface area contributed by atoms with Gasteiger partial charge in [-0.05, 0) is 24.6 Å². The van der Waals surface area contributed by atoms with E-state index in [1.54, 1.807) is 12.1 Å². The van der Waals surface area contributed by atoms with Crippen molar-refractivity contribution < 1.29 is 9.59 Å². The molecule has 0 heterocycles. The highest BCUT2D eigenvalue weighted by Crippen LogP contribution is 2.22. The number of benzene rings is 1. The molecule has 6 heteroatoms. The van der Waals surface area contributed by atoms with Crippen molar-refractivity contribution >= 4 is 29.2 Å². The fourth-order valence-corrected chi connectivity index (χ4v) is 1.42. The second-order valence-corrected chi connectivity index (χ2v) is 3.66. The van der Waals surface area contributed by atoms with Crippen LogP contribution in [0.3, 0.4) is 0 Å². The van der Waals surface area contributed by atoms with Crippen LogP contribution in [0, 0.1) is 6.92 Å². The molecule has 1 rings (SSSR count). The van der Waals surface area contributed by atoms with E-state index in [0.717, 1.165) is 5.56 Å². The minimum absolute atomic E-state index is 0.0638. The lowest BCUT2D eigenvalue weighted by Crippen LogP contribution is -2.38. The van der Waals surface area contributed by atoms with Crippen LogP contribution < -0.4 is 16.4 Å². The van der Waals surface area contributed by atoms with Gasteiger partial charge < -0.3 is 11.1 Å². The number of carbonyl (C=O) groups excluding carboxylic acids is 2. The molecule has 0 aromatic heterocycles. The molecule has 0 aliphatic carbocycles. The largest absolute Gasteiger partial charge is 0.375 e. The fourth-order valence-electron chi connectivity index (χ4n) is 1.12. The van der Waals surface area contributed by atoms with E-state index in [1.807, 2.05) is 18.3 Å². The van der Waals surface area contributed by atoms with E-state index in [2.05, 4.69) is 5.32 Å². The summed E-state index contributed by atoms with van der Waals surface area (Å²) >= 11 is 5.93. The van der Waals surface area contributed by atoms with Gasteiger partial charge in [-0.3, -0.25) is 10.1 Å². The van der Waals surface area contributed by atoms with Gasteiger partial charge in [0.15, 0.2) is 0 Å². The zero-order valence-corrected chi connectivity index (χ0v) is 9.47. The third-order valence-corrected chi connectivity index (χ3v) is 2.14. The molecule has 0 aliphatic rings. The number of hydrogen-bond donors (Lipinski definition) is 3. The van der Waals surface area contributed by atoms with E-state index >= 15 is 0 Å². The molecular weight excluding hydrogens is 230 g/mol. The first-order chi connectivity index (χ1) is 7.49. The normalized spacial score (nSPS) is 9.62. The number of nitrogens with one attached hydrogen (secondary N) is 2. The summed E-state index contributed by atoms with van der Waals surface area (Å²) in [4.78, 5) is 21.5. The molecule has 0 saturated heterocycles. The third kappa shape index (κ3) is 3.78. The Labute approximate surface area is 98.0 Å². The number of halogens is 1. The molecule has 0 saturated carbocycles. The summed E-state index contributed by atoms with van der Waals surface area (Å²) in [5.74, 6) is -0.510. The SMILES string of the molecule is Cc1ccc(NCC(=O)NC(N)=O)c(Cl)c1. The maximum absolute atomic E-state index is 11.1. The Balaban J connectivity index is 2.54. The molecule has 16 heavy (non-hydrogen) atoms. The third-order valence-electron chi connectivity index (χ3n) is 1.83. The number of anilines is 1. The Kier molecular flexibility index (Phi) is 4.13. The van der Waals surface area contributed by atoms with Crippen molar-refractivity contribution in [2.24, 2.45) is 5.73 Å². The number of hydrogen-bond acceptors (Lipinski definition) is 3. The number of amides is 3. The maximum Gasteiger partial charge on any atom is 0.318 e. The summed E-state index contributed by atoms with van der Waals surface area (Å²) in [6.07, 6.45) is 0. The van der Waals surface area contributed by atoms with E-state index in [4.69, 9.17) is 17.3 Å². The molecule has 0 bridgehead atoms. The minimum atomic E-state index is -0.873. The highest BCUT2D eigenvalue weighted by molar-refractivity contribution is 6.33. The molecule has 4 N–H and O–H groups in total. The Morgan fingerprint density at radius 3 is 2.69 bits per heavy atom. The van der Waals surface area contributed by atoms with Crippen LogP contribution in [0.1, 0.15) is 5.56 Å². The first-order valence-electron chi connectivity index (χ1n) is 4.58. The molecule has 0 spiro atoms. The summed E-state index contributed by atoms with van der Waals surface area (Å²) in [7, 11) is 0. The second-order valence-electron chi connectivity index (χ2n) is 3.25. The topological polar surface area (TPSA) is 84.2 Å². The van der Waals surface area contributed by atoms with Crippen LogP contribution in [0.25, 0.3) is 0 Å². The number of aryl methyl sites for hydroxylation is 1. The van der Waals surface area contributed by atoms with Crippen molar-refractivity contribution in [3.05, 3.63) is 28.8 Å². The van der Waals surface area contributed by atoms with Crippen LogP contribution in [0.4, 0.5) is 10.5 Å². The van der Waals surface area contributed by atoms with Gasteiger partial charge in [-0.15, -0.1) is 0 Å². The highest BCUT2D eigenvalue weighted by Gasteiger charge is 2.05. The molecule has 0 fully saturated rings. The summed E-state index contributed by atoms with van der Waals surface area (Å²) in [5, 5.41) is 5.25. The molecule has 1 aromatic rings. The molecule has 86 valence electrons. The number of imide groups is 1. The number of carbonyl (C=O) groups is 2. The number of rotatable bonds is 3. The van der Waals surface area contributed by atoms with Crippen LogP contribution in [0.5, 0.6) is 0 Å². The van der Waals surface area contributed by atoms with Gasteiger partial charge in [-0.1, -0.05) is 17.7 Å². The minimum Gasteiger partial charge on any atom is -0.375 e. The Morgan fingerprint density at radius 1 is 1.44 bits per heavy atom. The van der Waals surface area contributed by atoms with Gasteiger partial charge in [-0.25, -0.2) is 4.79 Å². The number of nitrogens with two attached hydrogens (primary N) is 1. The van der Waals surface area contributed by atoms with Crippen molar-refractivity contribution in [1.82, 2.24) is 5.32 Å². The lowest BCUT2D eigenvalue weighted by molar-refractivity contribution is -0.118. The average Bonchev–Trinajstić information content (AvgIpc) is 2.15. The lowest BCUT2D eigenvalue weighted by Gasteiger charge is -2.08. The van der Waals surface area contributed by atoms with Crippen molar-refractivity contribution in [3.63, 3.8) is 0 Å². The summed E-state index contributed by atoms with van der Waals surface area (Å²) in [6, 6.07) is 4.52. The van der Waals surface area contributed by atoms with Gasteiger partial charge in [0.2, 0.25) is 5.91 Å². The number of primary amides is 1. The Bertz CT molecular complexity index is 421. The Morgan fingerprint density at radius 2 is 2.12 bits per heavy atom. The first-order valence-corrected chi connectivity index (χ1v) is 4.96. The highest BCUT2D eigenvalue weighted by atomic mass is 35.5. The van der Waals surface area contributed by atoms with Gasteiger partial charge in [0.1, 0.15) is 0 Å². The summed E-state index contributed by atoms with van der Waals surface area (Å²) in [5.41, 5.74) is 6.44. The van der Waals surface area contributed by atoms with Crippen LogP contribution in [-0.2, 0) is 4.79 Å². The van der Waals surface area contributed by atoms with E-state index in [9.17, 15) is 9.59 Å². The van der Waals surface area contributed by atoms with Crippen molar-refractivity contribution in [2.75, 3.05) is 11.9 Å². The first kappa shape index (κ1) is 12.3. The standard InChI is InChI=1S/C10H12ClN3O2/c1-6-2-3-8(7(11)4-6)13-5-9(15)14-10(12)16/h2-4,13H,5H2,1H3,(H3,12,14,15,16). The molecular formula is C10H12ClN3O2. The van der Waals surface area contributed by atoms with Crippen molar-refractivity contribution in [2.45, 2.75) is 6.92 Å². The maximum atomic E-state index is 11.1. The van der Waals surface area contributed by atoms with Gasteiger partial charge in [0, 0.05) is 0 Å². The van der Waals surface area contributed by atoms with Crippen LogP contribution in [-0.4, -0.2) is 18.5 Å². The van der Waals surface area contributed by atoms with Crippen molar-refractivity contribution in [1.29, 1.82) is 0 Å². The van der Waals surface area contributed by atoms with Crippen LogP contribution in [0.2, 0.25) is 5.02 Å². The van der Waals surface area contributed by atoms with E-state index in [-0.39, 0.29) is 6.54 Å². The second kappa shape index (κ2) is 5.37. The predicted molar refractivity (Wildman–Crippen MR) is 62.4 cm³/mol. The summed E-state index contributed by atoms with van der Waals surface area (Å²) < 4.78 is 0. The van der Waals surface area contributed by atoms with Gasteiger partial charge in [0.05, 0.1) is 17.3 Å². The van der Waals surface area contributed by atoms with E-state index in [1.165, 1.54) is 0 Å². The Hall–Kier alpha value is -1.75. The van der Waals surface area contributed by atoms with Crippen LogP contribution in [0.15, 0.2) is 18.2 Å². The predicted octanol–water partition coefficient (Wildman–Crippen LogP) is 1.26. The monoisotopic (exact) mass is 241 g/mol. The molecule has 0 unspecified atom stereocenters. The van der Waals surface area contributed by atoms with Gasteiger partial charge in [0.25, 0.3) is 0 Å². The van der Waals surface area contributed by atoms with E-state index in [0.29, 0.717) is 10.7 Å². The molecule has 0 aliphatic heterocycles. The van der Waals surface area contributed by atoms with Crippen molar-refractivity contribution in [3.8, 4) is 0 Å². The molecule has 3 amide bonds. The lowest BCUT2D eigenvalue weighted by atomic mass is 10.2. The van der Waals surface area contributed by atoms with E-state index < -0.39 is 11.9 Å². The smallest absolute Gasteiger partial charge is 0.318 e. The fraction of sp³-hybridized carbons (Fsp3) is 0.200. The van der Waals surface area contributed by atoms with Crippen LogP contribution >= 0.6 is 11.6 Å². The molecule has 0 atom stereocenters.